The zero-order chi connectivity index (χ0) is 12.4. The standard InChI is InChI=1S/C16H30N2/c1-13(14-7-8-14)11-18-10-9-17-16(12-18)15-5-3-2-4-6-15/h13-17H,2-12H2,1H3. The van der Waals surface area contributed by atoms with Crippen molar-refractivity contribution >= 4 is 0 Å². The van der Waals surface area contributed by atoms with E-state index >= 15 is 0 Å². The number of nitrogens with zero attached hydrogens (tertiary/aromatic N) is 1. The molecule has 3 fully saturated rings. The van der Waals surface area contributed by atoms with Gasteiger partial charge in [-0.1, -0.05) is 26.2 Å². The molecule has 2 unspecified atom stereocenters. The summed E-state index contributed by atoms with van der Waals surface area (Å²) in [5.41, 5.74) is 0. The van der Waals surface area contributed by atoms with Gasteiger partial charge >= 0.3 is 0 Å². The maximum absolute atomic E-state index is 3.80. The zero-order valence-electron chi connectivity index (χ0n) is 12.0. The van der Waals surface area contributed by atoms with E-state index in [1.165, 1.54) is 71.1 Å². The van der Waals surface area contributed by atoms with Gasteiger partial charge in [-0.15, -0.1) is 0 Å². The molecule has 104 valence electrons. The summed E-state index contributed by atoms with van der Waals surface area (Å²) in [6.45, 7) is 7.64. The Morgan fingerprint density at radius 2 is 1.89 bits per heavy atom. The Kier molecular flexibility index (Phi) is 4.25. The van der Waals surface area contributed by atoms with Gasteiger partial charge in [0.15, 0.2) is 0 Å². The summed E-state index contributed by atoms with van der Waals surface area (Å²) in [6.07, 6.45) is 10.4. The van der Waals surface area contributed by atoms with E-state index in [2.05, 4.69) is 17.1 Å². The zero-order valence-corrected chi connectivity index (χ0v) is 12.0. The molecule has 1 aliphatic heterocycles. The van der Waals surface area contributed by atoms with Crippen LogP contribution >= 0.6 is 0 Å². The minimum Gasteiger partial charge on any atom is -0.311 e. The highest BCUT2D eigenvalue weighted by atomic mass is 15.2. The summed E-state index contributed by atoms with van der Waals surface area (Å²) in [6, 6.07) is 0.797. The fourth-order valence-corrected chi connectivity index (χ4v) is 4.08. The summed E-state index contributed by atoms with van der Waals surface area (Å²) >= 11 is 0. The minimum absolute atomic E-state index is 0.797. The maximum Gasteiger partial charge on any atom is 0.0223 e. The molecule has 18 heavy (non-hydrogen) atoms. The number of hydrogen-bond acceptors (Lipinski definition) is 2. The van der Waals surface area contributed by atoms with Crippen LogP contribution in [0.2, 0.25) is 0 Å². The monoisotopic (exact) mass is 250 g/mol. The highest BCUT2D eigenvalue weighted by Crippen LogP contribution is 2.37. The van der Waals surface area contributed by atoms with E-state index in [9.17, 15) is 0 Å². The highest BCUT2D eigenvalue weighted by Gasteiger charge is 2.32. The van der Waals surface area contributed by atoms with Gasteiger partial charge in [0.05, 0.1) is 0 Å². The van der Waals surface area contributed by atoms with Crippen molar-refractivity contribution in [1.82, 2.24) is 10.2 Å². The summed E-state index contributed by atoms with van der Waals surface area (Å²) in [4.78, 5) is 2.75. The van der Waals surface area contributed by atoms with Gasteiger partial charge in [-0.3, -0.25) is 0 Å². The smallest absolute Gasteiger partial charge is 0.0223 e. The second-order valence-corrected chi connectivity index (χ2v) is 7.03. The second kappa shape index (κ2) is 5.92. The molecule has 0 aromatic rings. The molecule has 0 aromatic heterocycles. The lowest BCUT2D eigenvalue weighted by molar-refractivity contribution is 0.129. The Bertz CT molecular complexity index is 256. The maximum atomic E-state index is 3.80. The van der Waals surface area contributed by atoms with Gasteiger partial charge in [0.25, 0.3) is 0 Å². The molecule has 2 nitrogen and oxygen atoms in total. The van der Waals surface area contributed by atoms with E-state index < -0.39 is 0 Å². The third kappa shape index (κ3) is 3.27. The SMILES string of the molecule is CC(CN1CCNC(C2CCCCC2)C1)C1CC1. The first-order valence-electron chi connectivity index (χ1n) is 8.28. The molecule has 0 amide bonds. The molecule has 2 heteroatoms. The first kappa shape index (κ1) is 12.9. The van der Waals surface area contributed by atoms with E-state index in [1.807, 2.05) is 0 Å². The van der Waals surface area contributed by atoms with Crippen LogP contribution in [-0.4, -0.2) is 37.1 Å². The van der Waals surface area contributed by atoms with Gasteiger partial charge in [0, 0.05) is 32.2 Å². The molecule has 0 spiro atoms. The van der Waals surface area contributed by atoms with Crippen LogP contribution in [0.1, 0.15) is 51.9 Å². The predicted octanol–water partition coefficient (Wildman–Crippen LogP) is 2.89. The largest absolute Gasteiger partial charge is 0.311 e. The lowest BCUT2D eigenvalue weighted by atomic mass is 9.83. The summed E-state index contributed by atoms with van der Waals surface area (Å²) < 4.78 is 0. The molecule has 2 atom stereocenters. The van der Waals surface area contributed by atoms with E-state index in [-0.39, 0.29) is 0 Å². The molecular weight excluding hydrogens is 220 g/mol. The molecule has 1 saturated heterocycles. The van der Waals surface area contributed by atoms with Crippen molar-refractivity contribution < 1.29 is 0 Å². The lowest BCUT2D eigenvalue weighted by Crippen LogP contribution is -2.54. The Labute approximate surface area is 113 Å². The Morgan fingerprint density at radius 3 is 2.61 bits per heavy atom. The normalized spacial score (nSPS) is 33.5. The van der Waals surface area contributed by atoms with Gasteiger partial charge in [-0.25, -0.2) is 0 Å². The van der Waals surface area contributed by atoms with Crippen LogP contribution in [0.5, 0.6) is 0 Å². The van der Waals surface area contributed by atoms with Crippen molar-refractivity contribution in [1.29, 1.82) is 0 Å². The number of hydrogen-bond donors (Lipinski definition) is 1. The predicted molar refractivity (Wildman–Crippen MR) is 76.7 cm³/mol. The molecule has 2 saturated carbocycles. The Morgan fingerprint density at radius 1 is 1.11 bits per heavy atom. The van der Waals surface area contributed by atoms with Crippen LogP contribution < -0.4 is 5.32 Å². The second-order valence-electron chi connectivity index (χ2n) is 7.03. The molecule has 2 aliphatic carbocycles. The van der Waals surface area contributed by atoms with E-state index in [0.29, 0.717) is 0 Å². The van der Waals surface area contributed by atoms with E-state index in [1.54, 1.807) is 0 Å². The summed E-state index contributed by atoms with van der Waals surface area (Å²) in [5, 5.41) is 3.80. The molecule has 0 bridgehead atoms. The molecular formula is C16H30N2. The molecule has 1 heterocycles. The van der Waals surface area contributed by atoms with Crippen molar-refractivity contribution in [2.24, 2.45) is 17.8 Å². The first-order valence-corrected chi connectivity index (χ1v) is 8.28. The fourth-order valence-electron chi connectivity index (χ4n) is 4.08. The lowest BCUT2D eigenvalue weighted by Gasteiger charge is -2.40. The number of piperazine rings is 1. The van der Waals surface area contributed by atoms with E-state index in [4.69, 9.17) is 0 Å². The van der Waals surface area contributed by atoms with Crippen molar-refractivity contribution in [2.75, 3.05) is 26.2 Å². The quantitative estimate of drug-likeness (QED) is 0.825. The topological polar surface area (TPSA) is 15.3 Å². The van der Waals surface area contributed by atoms with Gasteiger partial charge in [0.1, 0.15) is 0 Å². The van der Waals surface area contributed by atoms with Crippen LogP contribution in [0.15, 0.2) is 0 Å². The van der Waals surface area contributed by atoms with Crippen LogP contribution in [0.25, 0.3) is 0 Å². The molecule has 0 radical (unpaired) electrons. The number of rotatable bonds is 4. The fraction of sp³-hybridized carbons (Fsp3) is 1.00. The average molecular weight is 250 g/mol. The van der Waals surface area contributed by atoms with Gasteiger partial charge < -0.3 is 10.2 Å². The number of nitrogens with one attached hydrogen (secondary N) is 1. The Hall–Kier alpha value is -0.0800. The van der Waals surface area contributed by atoms with Crippen LogP contribution in [0, 0.1) is 17.8 Å². The minimum atomic E-state index is 0.797. The molecule has 3 aliphatic rings. The average Bonchev–Trinajstić information content (AvgIpc) is 3.24. The molecule has 0 aromatic carbocycles. The third-order valence-electron chi connectivity index (χ3n) is 5.48. The van der Waals surface area contributed by atoms with Crippen molar-refractivity contribution in [3.8, 4) is 0 Å². The van der Waals surface area contributed by atoms with Gasteiger partial charge in [-0.05, 0) is 43.4 Å². The van der Waals surface area contributed by atoms with Gasteiger partial charge in [0.2, 0.25) is 0 Å². The van der Waals surface area contributed by atoms with Crippen LogP contribution in [0.3, 0.4) is 0 Å². The van der Waals surface area contributed by atoms with Crippen molar-refractivity contribution in [3.05, 3.63) is 0 Å². The first-order chi connectivity index (χ1) is 8.83. The highest BCUT2D eigenvalue weighted by molar-refractivity contribution is 4.88. The van der Waals surface area contributed by atoms with Crippen LogP contribution in [0.4, 0.5) is 0 Å². The third-order valence-corrected chi connectivity index (χ3v) is 5.48. The van der Waals surface area contributed by atoms with Crippen molar-refractivity contribution in [3.63, 3.8) is 0 Å². The van der Waals surface area contributed by atoms with Crippen molar-refractivity contribution in [2.45, 2.75) is 57.9 Å². The summed E-state index contributed by atoms with van der Waals surface area (Å²) in [7, 11) is 0. The molecule has 1 N–H and O–H groups in total. The Balaban J connectivity index is 1.47. The van der Waals surface area contributed by atoms with Crippen LogP contribution in [-0.2, 0) is 0 Å². The molecule has 3 rings (SSSR count). The van der Waals surface area contributed by atoms with E-state index in [0.717, 1.165) is 23.8 Å². The van der Waals surface area contributed by atoms with Gasteiger partial charge in [-0.2, -0.15) is 0 Å². The summed E-state index contributed by atoms with van der Waals surface area (Å²) in [5.74, 6) is 2.97.